The summed E-state index contributed by atoms with van der Waals surface area (Å²) in [5.74, 6) is 1.03. The maximum atomic E-state index is 6.16. The van der Waals surface area contributed by atoms with Gasteiger partial charge in [-0.05, 0) is 0 Å². The maximum Gasteiger partial charge on any atom is -0.147 e. The molecule has 1 aromatic carbocycles. The molecule has 0 N–H and O–H groups in total. The summed E-state index contributed by atoms with van der Waals surface area (Å²) in [6.07, 6.45) is 5.49. The maximum absolute atomic E-state index is 6.16. The first-order valence-electron chi connectivity index (χ1n) is 5.87. The molecule has 0 unspecified atom stereocenters. The van der Waals surface area contributed by atoms with Crippen LogP contribution in [-0.4, -0.2) is 8.32 Å². The minimum absolute atomic E-state index is 0. The molecule has 0 saturated carbocycles. The second-order valence-corrected chi connectivity index (χ2v) is 10.6. The van der Waals surface area contributed by atoms with Gasteiger partial charge in [-0.15, -0.1) is 24.8 Å². The van der Waals surface area contributed by atoms with Crippen LogP contribution in [0.2, 0.25) is 19.6 Å². The molecule has 0 atom stereocenters. The molecule has 103 valence electrons. The molecule has 0 fully saturated rings. The summed E-state index contributed by atoms with van der Waals surface area (Å²) in [5, 5.41) is 0. The van der Waals surface area contributed by atoms with Gasteiger partial charge in [-0.25, -0.2) is 0 Å². The molecule has 0 aliphatic heterocycles. The van der Waals surface area contributed by atoms with Gasteiger partial charge in [0.1, 0.15) is 0 Å². The largest absolute Gasteiger partial charge is 0.147 e. The van der Waals surface area contributed by atoms with E-state index in [1.54, 1.807) is 0 Å². The zero-order valence-electron chi connectivity index (χ0n) is 11.4. The summed E-state index contributed by atoms with van der Waals surface area (Å²) in [7, 11) is -1.55. The summed E-state index contributed by atoms with van der Waals surface area (Å²) in [5.41, 5.74) is 2.57. The van der Waals surface area contributed by atoms with Gasteiger partial charge in [0.2, 0.25) is 0 Å². The first-order chi connectivity index (χ1) is 7.97. The Kier molecular flexibility index (Phi) is 7.71. The van der Waals surface area contributed by atoms with E-state index in [1.807, 2.05) is 6.07 Å². The van der Waals surface area contributed by atoms with Crippen molar-refractivity contribution in [1.29, 1.82) is 0 Å². The molecule has 5 heteroatoms. The van der Waals surface area contributed by atoms with Gasteiger partial charge in [-0.3, -0.25) is 0 Å². The quantitative estimate of drug-likeness (QED) is 0.700. The van der Waals surface area contributed by atoms with Gasteiger partial charge in [0, 0.05) is 0 Å². The van der Waals surface area contributed by atoms with Crippen molar-refractivity contribution in [2.45, 2.75) is 26.1 Å². The molecule has 1 aliphatic rings. The monoisotopic (exact) mass is 349 g/mol. The van der Waals surface area contributed by atoms with E-state index >= 15 is 0 Å². The first-order valence-corrected chi connectivity index (χ1v) is 10.1. The van der Waals surface area contributed by atoms with Crippen molar-refractivity contribution in [2.75, 3.05) is 0 Å². The molecule has 0 saturated heterocycles. The van der Waals surface area contributed by atoms with Crippen molar-refractivity contribution in [2.24, 2.45) is 0 Å². The van der Waals surface area contributed by atoms with E-state index in [4.69, 9.17) is 4.43 Å². The Hall–Kier alpha value is 0.0112. The van der Waals surface area contributed by atoms with Crippen molar-refractivity contribution in [3.63, 3.8) is 0 Å². The van der Waals surface area contributed by atoms with Gasteiger partial charge in [0.05, 0.1) is 0 Å². The second-order valence-electron chi connectivity index (χ2n) is 5.21. The number of rotatable bonds is 3. The van der Waals surface area contributed by atoms with Crippen LogP contribution < -0.4 is 4.43 Å². The third kappa shape index (κ3) is 5.13. The number of allylic oxidation sites excluding steroid dienone is 4. The molecule has 0 bridgehead atoms. The van der Waals surface area contributed by atoms with E-state index in [2.05, 4.69) is 70.4 Å². The Morgan fingerprint density at radius 3 is 2.26 bits per heavy atom. The predicted octanol–water partition coefficient (Wildman–Crippen LogP) is 4.96. The molecule has 2 rings (SSSR count). The Balaban J connectivity index is 0.00000162. The van der Waals surface area contributed by atoms with E-state index in [0.29, 0.717) is 0 Å². The summed E-state index contributed by atoms with van der Waals surface area (Å²) < 4.78 is 7.59. The fraction of sp³-hybridized carbons (Fsp3) is 0.286. The standard InChI is InChI=1S/C14H17OSi.2ClH.Ti/c1-16(2,3)15-14-11-7-6-10-13(14)12-8-4-5-9-12;;;/h4,6-8,10-11H,5H2,1-3H3;2*1H;. The minimum atomic E-state index is -1.55. The van der Waals surface area contributed by atoms with Gasteiger partial charge >= 0.3 is 116 Å². The van der Waals surface area contributed by atoms with Crippen LogP contribution in [0, 0.1) is 0 Å². The van der Waals surface area contributed by atoms with E-state index < -0.39 is 8.32 Å². The van der Waals surface area contributed by atoms with Gasteiger partial charge in [0.25, 0.3) is 0 Å². The Bertz CT molecular complexity index is 492. The van der Waals surface area contributed by atoms with Crippen molar-refractivity contribution in [3.8, 4) is 5.75 Å². The molecule has 0 radical (unpaired) electrons. The predicted molar refractivity (Wildman–Crippen MR) is 85.6 cm³/mol. The van der Waals surface area contributed by atoms with E-state index in [9.17, 15) is 0 Å². The van der Waals surface area contributed by atoms with Gasteiger partial charge in [-0.2, -0.15) is 0 Å². The fourth-order valence-corrected chi connectivity index (χ4v) is 3.23. The third-order valence-corrected chi connectivity index (χ3v) is 4.10. The van der Waals surface area contributed by atoms with Crippen LogP contribution in [0.3, 0.4) is 0 Å². The average molecular weight is 350 g/mol. The molecule has 1 aromatic rings. The molecular formula is C14H19Cl2OSiTi. The van der Waals surface area contributed by atoms with Crippen molar-refractivity contribution < 1.29 is 24.9 Å². The molecule has 0 heterocycles. The molecule has 0 spiro atoms. The molecule has 0 aromatic heterocycles. The summed E-state index contributed by atoms with van der Waals surface area (Å²) in [4.78, 5) is 0. The van der Waals surface area contributed by atoms with Crippen LogP contribution in [-0.2, 0) is 20.4 Å². The zero-order valence-corrected chi connectivity index (χ0v) is 15.6. The van der Waals surface area contributed by atoms with Crippen LogP contribution in [0.15, 0.2) is 40.3 Å². The Labute approximate surface area is 140 Å². The number of halogens is 2. The van der Waals surface area contributed by atoms with Crippen LogP contribution in [0.25, 0.3) is 5.57 Å². The van der Waals surface area contributed by atoms with Crippen molar-refractivity contribution in [1.82, 2.24) is 0 Å². The minimum Gasteiger partial charge on any atom is -0.147 e. The van der Waals surface area contributed by atoms with Crippen molar-refractivity contribution >= 4 is 38.7 Å². The normalized spacial score (nSPS) is 13.8. The van der Waals surface area contributed by atoms with E-state index in [-0.39, 0.29) is 24.8 Å². The molecule has 1 aliphatic carbocycles. The topological polar surface area (TPSA) is 9.23 Å². The number of hydrogen-bond acceptors (Lipinski definition) is 1. The average Bonchev–Trinajstić information content (AvgIpc) is 2.63. The van der Waals surface area contributed by atoms with Crippen LogP contribution >= 0.6 is 24.8 Å². The first kappa shape index (κ1) is 19.0. The fourth-order valence-electron chi connectivity index (χ4n) is 1.87. The van der Waals surface area contributed by atoms with E-state index in [0.717, 1.165) is 12.2 Å². The second kappa shape index (κ2) is 7.70. The summed E-state index contributed by atoms with van der Waals surface area (Å²) in [6, 6.07) is 8.37. The van der Waals surface area contributed by atoms with Gasteiger partial charge in [0.15, 0.2) is 0 Å². The summed E-state index contributed by atoms with van der Waals surface area (Å²) in [6.45, 7) is 6.65. The Morgan fingerprint density at radius 2 is 1.74 bits per heavy atom. The molecule has 19 heavy (non-hydrogen) atoms. The summed E-state index contributed by atoms with van der Waals surface area (Å²) >= 11 is 2.20. The molecule has 0 amide bonds. The number of para-hydroxylation sites is 1. The zero-order chi connectivity index (χ0) is 12.5. The Morgan fingerprint density at radius 1 is 1.11 bits per heavy atom. The smallest absolute Gasteiger partial charge is 0.147 e. The van der Waals surface area contributed by atoms with Crippen LogP contribution in [0.1, 0.15) is 12.0 Å². The number of hydrogen-bond donors (Lipinski definition) is 0. The SMILES string of the molecule is C[Si](C)(C)Oc1ccccc1C1=[C]([Ti])CC=C1.Cl.Cl. The van der Waals surface area contributed by atoms with E-state index in [1.165, 1.54) is 15.0 Å². The van der Waals surface area contributed by atoms with Crippen LogP contribution in [0.5, 0.6) is 5.75 Å². The molecule has 1 nitrogen and oxygen atoms in total. The van der Waals surface area contributed by atoms with Gasteiger partial charge in [-0.1, -0.05) is 0 Å². The van der Waals surface area contributed by atoms with Crippen molar-refractivity contribution in [3.05, 3.63) is 45.9 Å². The van der Waals surface area contributed by atoms with Crippen LogP contribution in [0.4, 0.5) is 0 Å². The third-order valence-electron chi connectivity index (χ3n) is 2.52. The number of benzene rings is 1. The molecular weight excluding hydrogens is 331 g/mol. The van der Waals surface area contributed by atoms with Gasteiger partial charge < -0.3 is 0 Å².